The van der Waals surface area contributed by atoms with Crippen molar-refractivity contribution >= 4 is 0 Å². The first-order valence-electron chi connectivity index (χ1n) is 6.95. The molecule has 0 fully saturated rings. The Hall–Kier alpha value is -0.590. The fourth-order valence-corrected chi connectivity index (χ4v) is 2.28. The van der Waals surface area contributed by atoms with Crippen molar-refractivity contribution < 1.29 is 0 Å². The van der Waals surface area contributed by atoms with Gasteiger partial charge in [0.25, 0.3) is 0 Å². The first-order chi connectivity index (χ1) is 8.08. The zero-order valence-corrected chi connectivity index (χ0v) is 12.2. The second kappa shape index (κ2) is 9.44. The van der Waals surface area contributed by atoms with Crippen molar-refractivity contribution in [3.8, 4) is 6.07 Å². The fraction of sp³-hybridized carbons (Fsp3) is 0.929. The molecule has 0 heterocycles. The lowest BCUT2D eigenvalue weighted by Crippen LogP contribution is -2.46. The van der Waals surface area contributed by atoms with Gasteiger partial charge in [-0.25, -0.2) is 0 Å². The zero-order valence-electron chi connectivity index (χ0n) is 12.2. The average molecular weight is 239 g/mol. The monoisotopic (exact) mass is 239 g/mol. The molecule has 3 heteroatoms. The molecule has 0 aliphatic carbocycles. The molecular formula is C14H29N3. The van der Waals surface area contributed by atoms with E-state index < -0.39 is 0 Å². The van der Waals surface area contributed by atoms with Gasteiger partial charge in [0, 0.05) is 19.1 Å². The van der Waals surface area contributed by atoms with Crippen LogP contribution in [0.3, 0.4) is 0 Å². The summed E-state index contributed by atoms with van der Waals surface area (Å²) in [5, 5.41) is 12.4. The molecule has 0 bridgehead atoms. The molecule has 0 aliphatic rings. The molecule has 0 saturated carbocycles. The van der Waals surface area contributed by atoms with E-state index in [2.05, 4.69) is 44.0 Å². The van der Waals surface area contributed by atoms with E-state index >= 15 is 0 Å². The van der Waals surface area contributed by atoms with Crippen LogP contribution in [0.1, 0.15) is 47.5 Å². The Morgan fingerprint density at radius 2 is 1.71 bits per heavy atom. The van der Waals surface area contributed by atoms with E-state index in [9.17, 15) is 0 Å². The van der Waals surface area contributed by atoms with Crippen molar-refractivity contribution in [2.75, 3.05) is 19.6 Å². The summed E-state index contributed by atoms with van der Waals surface area (Å²) in [6.45, 7) is 13.8. The van der Waals surface area contributed by atoms with Crippen molar-refractivity contribution in [1.29, 1.82) is 5.26 Å². The Bertz CT molecular complexity index is 216. The minimum Gasteiger partial charge on any atom is -0.301 e. The van der Waals surface area contributed by atoms with Gasteiger partial charge in [0.05, 0.1) is 6.07 Å². The lowest BCUT2D eigenvalue weighted by Gasteiger charge is -2.33. The van der Waals surface area contributed by atoms with Crippen LogP contribution < -0.4 is 5.32 Å². The zero-order chi connectivity index (χ0) is 13.3. The summed E-state index contributed by atoms with van der Waals surface area (Å²) >= 11 is 0. The van der Waals surface area contributed by atoms with Crippen molar-refractivity contribution in [3.05, 3.63) is 0 Å². The highest BCUT2D eigenvalue weighted by Gasteiger charge is 2.19. The van der Waals surface area contributed by atoms with Crippen molar-refractivity contribution in [2.45, 2.75) is 59.5 Å². The lowest BCUT2D eigenvalue weighted by atomic mass is 10.1. The highest BCUT2D eigenvalue weighted by atomic mass is 15.2. The summed E-state index contributed by atoms with van der Waals surface area (Å²) in [4.78, 5) is 2.47. The quantitative estimate of drug-likeness (QED) is 0.672. The molecule has 0 radical (unpaired) electrons. The van der Waals surface area contributed by atoms with Gasteiger partial charge in [0.2, 0.25) is 0 Å². The molecule has 0 amide bonds. The Morgan fingerprint density at radius 3 is 2.06 bits per heavy atom. The van der Waals surface area contributed by atoms with Crippen molar-refractivity contribution in [3.63, 3.8) is 0 Å². The Kier molecular flexibility index (Phi) is 9.11. The van der Waals surface area contributed by atoms with Gasteiger partial charge in [-0.05, 0) is 25.3 Å². The Labute approximate surface area is 107 Å². The summed E-state index contributed by atoms with van der Waals surface area (Å²) in [5.41, 5.74) is 0. The summed E-state index contributed by atoms with van der Waals surface area (Å²) in [7, 11) is 0. The third kappa shape index (κ3) is 6.65. The molecule has 0 spiro atoms. The van der Waals surface area contributed by atoms with Crippen LogP contribution in [0, 0.1) is 17.2 Å². The number of nitrogens with zero attached hydrogens (tertiary/aromatic N) is 2. The molecule has 1 N–H and O–H groups in total. The predicted octanol–water partition coefficient (Wildman–Crippen LogP) is 2.63. The molecule has 0 aromatic carbocycles. The number of hydrogen-bond acceptors (Lipinski definition) is 3. The normalized spacial score (nSPS) is 13.4. The standard InChI is InChI=1S/C14H29N3/c1-6-14(7-2)17(10-12(4)5)11-13(9-15)16-8-3/h12-14,16H,6-8,10-11H2,1-5H3. The smallest absolute Gasteiger partial charge is 0.108 e. The maximum atomic E-state index is 9.13. The van der Waals surface area contributed by atoms with Crippen molar-refractivity contribution in [1.82, 2.24) is 10.2 Å². The van der Waals surface area contributed by atoms with E-state index in [-0.39, 0.29) is 6.04 Å². The molecule has 0 rings (SSSR count). The largest absolute Gasteiger partial charge is 0.301 e. The van der Waals surface area contributed by atoms with Crippen LogP contribution in [0.15, 0.2) is 0 Å². The number of nitrogens with one attached hydrogen (secondary N) is 1. The third-order valence-electron chi connectivity index (χ3n) is 3.08. The minimum atomic E-state index is -0.0423. The fourth-order valence-electron chi connectivity index (χ4n) is 2.28. The maximum absolute atomic E-state index is 9.13. The summed E-state index contributed by atoms with van der Waals surface area (Å²) in [6, 6.07) is 2.92. The molecule has 0 aromatic heterocycles. The molecule has 0 saturated heterocycles. The first-order valence-corrected chi connectivity index (χ1v) is 6.95. The van der Waals surface area contributed by atoms with Gasteiger partial charge in [-0.3, -0.25) is 4.90 Å². The second-order valence-corrected chi connectivity index (χ2v) is 5.06. The summed E-state index contributed by atoms with van der Waals surface area (Å²) < 4.78 is 0. The molecule has 0 aliphatic heterocycles. The summed E-state index contributed by atoms with van der Waals surface area (Å²) in [5.74, 6) is 0.650. The van der Waals surface area contributed by atoms with Gasteiger partial charge in [0.15, 0.2) is 0 Å². The Balaban J connectivity index is 4.50. The predicted molar refractivity (Wildman–Crippen MR) is 73.9 cm³/mol. The van der Waals surface area contributed by atoms with Crippen LogP contribution in [0.4, 0.5) is 0 Å². The van der Waals surface area contributed by atoms with E-state index in [1.54, 1.807) is 0 Å². The highest BCUT2D eigenvalue weighted by Crippen LogP contribution is 2.12. The van der Waals surface area contributed by atoms with Crippen LogP contribution in [0.25, 0.3) is 0 Å². The van der Waals surface area contributed by atoms with E-state index in [0.717, 1.165) is 32.5 Å². The van der Waals surface area contributed by atoms with Crippen LogP contribution in [-0.4, -0.2) is 36.6 Å². The number of likely N-dealkylation sites (N-methyl/N-ethyl adjacent to an activating group) is 1. The molecule has 3 nitrogen and oxygen atoms in total. The molecule has 0 aromatic rings. The van der Waals surface area contributed by atoms with Gasteiger partial charge in [0.1, 0.15) is 6.04 Å². The molecular weight excluding hydrogens is 210 g/mol. The van der Waals surface area contributed by atoms with Gasteiger partial charge in [-0.1, -0.05) is 34.6 Å². The second-order valence-electron chi connectivity index (χ2n) is 5.06. The summed E-state index contributed by atoms with van der Waals surface area (Å²) in [6.07, 6.45) is 2.32. The lowest BCUT2D eigenvalue weighted by molar-refractivity contribution is 0.158. The number of hydrogen-bond donors (Lipinski definition) is 1. The van der Waals surface area contributed by atoms with Crippen LogP contribution in [0.2, 0.25) is 0 Å². The molecule has 1 unspecified atom stereocenters. The van der Waals surface area contributed by atoms with Gasteiger partial charge >= 0.3 is 0 Å². The Morgan fingerprint density at radius 1 is 1.12 bits per heavy atom. The third-order valence-corrected chi connectivity index (χ3v) is 3.08. The number of nitriles is 1. The van der Waals surface area contributed by atoms with Crippen molar-refractivity contribution in [2.24, 2.45) is 5.92 Å². The number of rotatable bonds is 9. The van der Waals surface area contributed by atoms with Crippen LogP contribution >= 0.6 is 0 Å². The SMILES string of the molecule is CCNC(C#N)CN(CC(C)C)C(CC)CC. The van der Waals surface area contributed by atoms with E-state index in [1.165, 1.54) is 0 Å². The maximum Gasteiger partial charge on any atom is 0.108 e. The van der Waals surface area contributed by atoms with Gasteiger partial charge in [-0.2, -0.15) is 5.26 Å². The van der Waals surface area contributed by atoms with Gasteiger partial charge in [-0.15, -0.1) is 0 Å². The molecule has 17 heavy (non-hydrogen) atoms. The molecule has 100 valence electrons. The van der Waals surface area contributed by atoms with Crippen LogP contribution in [-0.2, 0) is 0 Å². The molecule has 1 atom stereocenters. The average Bonchev–Trinajstić information content (AvgIpc) is 2.29. The van der Waals surface area contributed by atoms with E-state index in [0.29, 0.717) is 12.0 Å². The van der Waals surface area contributed by atoms with Crippen LogP contribution in [0.5, 0.6) is 0 Å². The topological polar surface area (TPSA) is 39.1 Å². The van der Waals surface area contributed by atoms with E-state index in [1.807, 2.05) is 6.92 Å². The highest BCUT2D eigenvalue weighted by molar-refractivity contribution is 4.93. The van der Waals surface area contributed by atoms with E-state index in [4.69, 9.17) is 5.26 Å². The minimum absolute atomic E-state index is 0.0423. The van der Waals surface area contributed by atoms with Gasteiger partial charge < -0.3 is 5.32 Å². The first kappa shape index (κ1) is 16.4.